The van der Waals surface area contributed by atoms with Crippen molar-refractivity contribution in [3.05, 3.63) is 113 Å². The van der Waals surface area contributed by atoms with Crippen molar-refractivity contribution >= 4 is 11.4 Å². The first kappa shape index (κ1) is 116. The van der Waals surface area contributed by atoms with Crippen LogP contribution < -0.4 is 0 Å². The van der Waals surface area contributed by atoms with Crippen molar-refractivity contribution < 1.29 is 21.2 Å². The van der Waals surface area contributed by atoms with Crippen LogP contribution in [0.15, 0.2) is 71.8 Å². The Morgan fingerprint density at radius 3 is 0.771 bits per heavy atom. The molecule has 0 saturated heterocycles. The molecule has 1 heterocycles. The van der Waals surface area contributed by atoms with Gasteiger partial charge in [0.2, 0.25) is 11.4 Å². The average Bonchev–Trinajstić information content (AvgIpc) is 1.60. The maximum atomic E-state index is 12.4. The van der Waals surface area contributed by atoms with Crippen LogP contribution in [0.1, 0.15) is 622 Å². The Hall–Kier alpha value is -2.25. The number of unbranched alkanes of at least 4 members (excludes halogenated alkanes) is 78. The summed E-state index contributed by atoms with van der Waals surface area (Å²) in [6.45, 7) is 21.6. The minimum atomic E-state index is 0. The summed E-state index contributed by atoms with van der Waals surface area (Å²) in [7, 11) is 0. The monoisotopic (exact) mass is 1680 g/mol. The van der Waals surface area contributed by atoms with Crippen LogP contribution in [0.5, 0.6) is 0 Å². The van der Waals surface area contributed by atoms with E-state index < -0.39 is 0 Å². The van der Waals surface area contributed by atoms with Gasteiger partial charge in [0.1, 0.15) is 0 Å². The molecule has 0 radical (unpaired) electrons. The third kappa shape index (κ3) is 74.0. The predicted octanol–water partition coefficient (Wildman–Crippen LogP) is 42.2. The first-order valence-electron chi connectivity index (χ1n) is 54.4. The van der Waals surface area contributed by atoms with Gasteiger partial charge < -0.3 is 19.4 Å². The molecule has 0 aromatic heterocycles. The number of hydrogen-bond acceptors (Lipinski definition) is 0. The Labute approximate surface area is 754 Å². The summed E-state index contributed by atoms with van der Waals surface area (Å²) in [5.41, 5.74) is 22.5. The predicted molar refractivity (Wildman–Crippen MR) is 533 cm³/mol. The van der Waals surface area contributed by atoms with E-state index in [9.17, 15) is 5.53 Å². The first-order valence-corrected chi connectivity index (χ1v) is 54.4. The van der Waals surface area contributed by atoms with Gasteiger partial charge in [0.05, 0.1) is 0 Å². The zero-order valence-corrected chi connectivity index (χ0v) is 82.3. The Morgan fingerprint density at radius 1 is 0.237 bits per heavy atom. The van der Waals surface area contributed by atoms with E-state index >= 15 is 0 Å². The summed E-state index contributed by atoms with van der Waals surface area (Å²) in [6, 6.07) is 18.2. The summed E-state index contributed by atoms with van der Waals surface area (Å²) in [6.07, 6.45) is 129. The minimum absolute atomic E-state index is 0. The number of nitrogens with zero attached hydrogens (tertiary/aromatic N) is 2. The van der Waals surface area contributed by atoms with Crippen LogP contribution in [0.25, 0.3) is 16.9 Å². The van der Waals surface area contributed by atoms with Crippen LogP contribution in [0.4, 0.5) is 0 Å². The normalized spacial score (nSPS) is 12.2. The fraction of sp³-hybridized carbons (Fsp3) is 0.826. The van der Waals surface area contributed by atoms with E-state index in [0.29, 0.717) is 0 Å². The SMILES string of the molecule is CCCCCCCCC=CCCc1ccccc1C1=C(CCCCC)C(CCCCC)=C(c2cccc(CCCCCCCCCCCCCCCCCCCCCCC)c2)[N+]1=[N-].[CH2-]CCCCCCCCCCCCCCCCCCCCCCCCCC.[CH2-]CCCCCCCCCCCCCCCCCCCCCCCCCC.[Ni+2]. The molecule has 0 aliphatic carbocycles. The van der Waals surface area contributed by atoms with Crippen LogP contribution in [-0.2, 0) is 29.3 Å². The Kier molecular flexibility index (Phi) is 95.1. The van der Waals surface area contributed by atoms with Gasteiger partial charge in [-0.1, -0.05) is 578 Å². The second kappa shape index (κ2) is 97.0. The zero-order valence-electron chi connectivity index (χ0n) is 81.3. The summed E-state index contributed by atoms with van der Waals surface area (Å²) in [5, 5.41) is 0. The van der Waals surface area contributed by atoms with Crippen molar-refractivity contribution in [2.45, 2.75) is 613 Å². The standard InChI is InChI=1S/C61H100N2.2C27H55.Ni/c1-5-9-13-15-17-19-21-22-23-24-25-26-27-28-29-30-31-32-34-36-40-45-54-46-44-49-56(53-54)60-58(51-38-11-7-3)59(52-39-12-8-4)61(63(60)62)57-50-43-42-48-55(57)47-41-37-35-33-20-18-16-14-10-6-2;2*1-3-5-7-9-11-13-15-17-19-21-23-25-27-26-24-22-20-18-16-14-12-10-8-6-4-2;/h35,37,42-44,46,48-50,53H,5-34,36,38-41,45,47,51-52H2,1-4H3;2*1,3-27H2,2H3;/q;2*-1;+2. The quantitative estimate of drug-likeness (QED) is 0.0207. The van der Waals surface area contributed by atoms with Crippen molar-refractivity contribution in [1.82, 2.24) is 0 Å². The van der Waals surface area contributed by atoms with Gasteiger partial charge in [0.15, 0.2) is 0 Å². The Balaban J connectivity index is 0.00000205. The number of aryl methyl sites for hydroxylation is 2. The van der Waals surface area contributed by atoms with Crippen LogP contribution in [0, 0.1) is 13.8 Å². The van der Waals surface area contributed by atoms with Gasteiger partial charge in [-0.15, -0.1) is 0 Å². The maximum Gasteiger partial charge on any atom is 2.00 e. The van der Waals surface area contributed by atoms with Crippen molar-refractivity contribution in [3.63, 3.8) is 0 Å². The molecular formula is C115H210N2Ni. The molecule has 2 nitrogen and oxygen atoms in total. The van der Waals surface area contributed by atoms with Gasteiger partial charge >= 0.3 is 16.5 Å². The fourth-order valence-corrected chi connectivity index (χ4v) is 18.3. The van der Waals surface area contributed by atoms with Crippen LogP contribution >= 0.6 is 0 Å². The fourth-order valence-electron chi connectivity index (χ4n) is 18.3. The van der Waals surface area contributed by atoms with E-state index in [0.717, 1.165) is 69.2 Å². The molecule has 0 atom stereocenters. The van der Waals surface area contributed by atoms with Crippen LogP contribution in [0.2, 0.25) is 0 Å². The van der Waals surface area contributed by atoms with Crippen molar-refractivity contribution in [1.29, 1.82) is 0 Å². The van der Waals surface area contributed by atoms with E-state index in [2.05, 4.69) is 116 Å². The molecule has 690 valence electrons. The second-order valence-electron chi connectivity index (χ2n) is 37.6. The third-order valence-corrected chi connectivity index (χ3v) is 26.1. The van der Waals surface area contributed by atoms with Crippen LogP contribution in [-0.4, -0.2) is 4.70 Å². The molecule has 0 fully saturated rings. The van der Waals surface area contributed by atoms with E-state index in [1.54, 1.807) is 4.70 Å². The minimum Gasteiger partial charge on any atom is -0.493 e. The van der Waals surface area contributed by atoms with Crippen LogP contribution in [0.3, 0.4) is 0 Å². The molecular weight excluding hydrogens is 1470 g/mol. The van der Waals surface area contributed by atoms with E-state index in [4.69, 9.17) is 0 Å². The van der Waals surface area contributed by atoms with E-state index in [1.807, 2.05) is 0 Å². The topological polar surface area (TPSA) is 25.3 Å². The molecule has 0 amide bonds. The molecule has 2 aromatic carbocycles. The van der Waals surface area contributed by atoms with E-state index in [-0.39, 0.29) is 16.5 Å². The van der Waals surface area contributed by atoms with Gasteiger partial charge in [-0.3, -0.25) is 0 Å². The summed E-state index contributed by atoms with van der Waals surface area (Å²) < 4.78 is 1.63. The van der Waals surface area contributed by atoms with Gasteiger partial charge in [-0.2, -0.15) is 12.8 Å². The number of benzene rings is 2. The summed E-state index contributed by atoms with van der Waals surface area (Å²) >= 11 is 0. The maximum absolute atomic E-state index is 12.4. The third-order valence-electron chi connectivity index (χ3n) is 26.1. The van der Waals surface area contributed by atoms with E-state index in [1.165, 1.54) is 547 Å². The van der Waals surface area contributed by atoms with Gasteiger partial charge in [0.25, 0.3) is 0 Å². The first-order chi connectivity index (χ1) is 58.0. The number of hydrogen-bond donors (Lipinski definition) is 0. The van der Waals surface area contributed by atoms with Gasteiger partial charge in [-0.25, -0.2) is 4.70 Å². The molecule has 0 bridgehead atoms. The summed E-state index contributed by atoms with van der Waals surface area (Å²) in [5.74, 6) is 0. The summed E-state index contributed by atoms with van der Waals surface area (Å²) in [4.78, 5) is 0. The molecule has 0 saturated carbocycles. The van der Waals surface area contributed by atoms with Gasteiger partial charge in [-0.05, 0) is 93.5 Å². The molecule has 3 rings (SSSR count). The van der Waals surface area contributed by atoms with Crippen molar-refractivity contribution in [3.8, 4) is 0 Å². The molecule has 1 aliphatic rings. The molecule has 0 unspecified atom stereocenters. The molecule has 118 heavy (non-hydrogen) atoms. The number of rotatable bonds is 90. The van der Waals surface area contributed by atoms with Crippen molar-refractivity contribution in [2.24, 2.45) is 0 Å². The molecule has 0 N–H and O–H groups in total. The molecule has 0 spiro atoms. The molecule has 2 aromatic rings. The van der Waals surface area contributed by atoms with Crippen molar-refractivity contribution in [2.75, 3.05) is 0 Å². The largest absolute Gasteiger partial charge is 2.00 e. The smallest absolute Gasteiger partial charge is 0.493 e. The number of allylic oxidation sites excluding steroid dienone is 4. The molecule has 1 aliphatic heterocycles. The second-order valence-corrected chi connectivity index (χ2v) is 37.6. The Morgan fingerprint density at radius 2 is 0.475 bits per heavy atom. The zero-order chi connectivity index (χ0) is 84.2. The average molecular weight is 1680 g/mol. The Bertz CT molecular complexity index is 2310. The van der Waals surface area contributed by atoms with Gasteiger partial charge in [0, 0.05) is 22.3 Å². The molecule has 3 heteroatoms.